The van der Waals surface area contributed by atoms with E-state index in [2.05, 4.69) is 64.2 Å². The Hall–Kier alpha value is -1.39. The first-order valence-electron chi connectivity index (χ1n) is 11.2. The molecule has 2 rings (SSSR count). The van der Waals surface area contributed by atoms with Gasteiger partial charge in [0, 0.05) is 26.0 Å². The van der Waals surface area contributed by atoms with Crippen LogP contribution in [0.4, 0.5) is 0 Å². The summed E-state index contributed by atoms with van der Waals surface area (Å²) in [6.45, 7) is 15.9. The van der Waals surface area contributed by atoms with Crippen molar-refractivity contribution in [3.05, 3.63) is 35.4 Å². The molecular weight excluding hydrogens is 348 g/mol. The van der Waals surface area contributed by atoms with Crippen LogP contribution in [-0.4, -0.2) is 44.3 Å². The van der Waals surface area contributed by atoms with Crippen LogP contribution in [0.15, 0.2) is 24.3 Å². The van der Waals surface area contributed by atoms with Crippen LogP contribution in [0.25, 0.3) is 0 Å². The highest BCUT2D eigenvalue weighted by Gasteiger charge is 2.35. The highest BCUT2D eigenvalue weighted by atomic mass is 16.5. The first-order chi connectivity index (χ1) is 13.3. The van der Waals surface area contributed by atoms with E-state index in [1.807, 2.05) is 0 Å². The molecule has 4 heteroatoms. The van der Waals surface area contributed by atoms with Gasteiger partial charge in [0.05, 0.1) is 25.2 Å². The molecule has 0 spiro atoms. The number of rotatable bonds is 10. The maximum atomic E-state index is 12.7. The van der Waals surface area contributed by atoms with E-state index >= 15 is 0 Å². The van der Waals surface area contributed by atoms with Crippen LogP contribution >= 0.6 is 0 Å². The van der Waals surface area contributed by atoms with Gasteiger partial charge >= 0.3 is 0 Å². The van der Waals surface area contributed by atoms with Crippen LogP contribution in [0.2, 0.25) is 0 Å². The quantitative estimate of drug-likeness (QED) is 0.604. The first-order valence-corrected chi connectivity index (χ1v) is 11.2. The third-order valence-corrected chi connectivity index (χ3v) is 6.24. The molecular formula is C24H41N2O2+. The molecule has 1 aromatic carbocycles. The summed E-state index contributed by atoms with van der Waals surface area (Å²) in [5.74, 6) is 0.930. The van der Waals surface area contributed by atoms with Gasteiger partial charge in [0.25, 0.3) is 0 Å². The van der Waals surface area contributed by atoms with E-state index in [9.17, 15) is 4.79 Å². The summed E-state index contributed by atoms with van der Waals surface area (Å²) in [6.07, 6.45) is 3.65. The zero-order valence-electron chi connectivity index (χ0n) is 18.6. The summed E-state index contributed by atoms with van der Waals surface area (Å²) < 4.78 is 5.93. The van der Waals surface area contributed by atoms with Gasteiger partial charge in [0.15, 0.2) is 0 Å². The minimum Gasteiger partial charge on any atom is -0.376 e. The molecule has 0 radical (unpaired) electrons. The van der Waals surface area contributed by atoms with Crippen LogP contribution in [0.1, 0.15) is 70.4 Å². The molecule has 2 atom stereocenters. The fourth-order valence-electron chi connectivity index (χ4n) is 4.43. The number of ether oxygens (including phenoxy) is 1. The highest BCUT2D eigenvalue weighted by Crippen LogP contribution is 2.40. The minimum atomic E-state index is -0.102. The van der Waals surface area contributed by atoms with Crippen LogP contribution in [0, 0.1) is 12.8 Å². The van der Waals surface area contributed by atoms with Gasteiger partial charge in [-0.25, -0.2) is 0 Å². The largest absolute Gasteiger partial charge is 0.376 e. The van der Waals surface area contributed by atoms with Crippen molar-refractivity contribution < 1.29 is 14.4 Å². The van der Waals surface area contributed by atoms with Crippen molar-refractivity contribution in [1.29, 1.82) is 0 Å². The molecule has 0 saturated carbocycles. The topological polar surface area (TPSA) is 42.8 Å². The fourth-order valence-corrected chi connectivity index (χ4v) is 4.43. The molecule has 0 aliphatic carbocycles. The second-order valence-electron chi connectivity index (χ2n) is 8.99. The fraction of sp³-hybridized carbons (Fsp3) is 0.708. The number of benzene rings is 1. The molecule has 158 valence electrons. The van der Waals surface area contributed by atoms with Crippen LogP contribution < -0.4 is 10.2 Å². The van der Waals surface area contributed by atoms with Gasteiger partial charge in [-0.1, -0.05) is 29.8 Å². The smallest absolute Gasteiger partial charge is 0.220 e. The molecule has 1 aliphatic heterocycles. The number of carbonyl (C=O) groups excluding carboxylic acids is 1. The Bertz CT molecular complexity index is 593. The number of aryl methyl sites for hydroxylation is 1. The average Bonchev–Trinajstić information content (AvgIpc) is 2.66. The Kier molecular flexibility index (Phi) is 8.97. The number of hydrogen-bond donors (Lipinski definition) is 2. The Balaban J connectivity index is 1.97. The lowest BCUT2D eigenvalue weighted by atomic mass is 9.75. The van der Waals surface area contributed by atoms with Crippen molar-refractivity contribution in [3.63, 3.8) is 0 Å². The summed E-state index contributed by atoms with van der Waals surface area (Å²) in [5, 5.41) is 3.17. The van der Waals surface area contributed by atoms with Crippen LogP contribution in [-0.2, 0) is 9.53 Å². The minimum absolute atomic E-state index is 0.102. The average molecular weight is 390 g/mol. The molecule has 1 fully saturated rings. The van der Waals surface area contributed by atoms with Crippen LogP contribution in [0.3, 0.4) is 0 Å². The highest BCUT2D eigenvalue weighted by molar-refractivity contribution is 5.76. The summed E-state index contributed by atoms with van der Waals surface area (Å²) in [4.78, 5) is 14.3. The third kappa shape index (κ3) is 7.21. The van der Waals surface area contributed by atoms with E-state index in [1.165, 1.54) is 11.1 Å². The summed E-state index contributed by atoms with van der Waals surface area (Å²) in [6, 6.07) is 8.74. The SMILES string of the molecule is CC[NH+](CC)CCCNC(=O)C[C@H](c1ccc(C)cc1)[C@H]1CCOC(C)(C)C1. The Morgan fingerprint density at radius 3 is 2.54 bits per heavy atom. The van der Waals surface area contributed by atoms with Gasteiger partial charge < -0.3 is 15.0 Å². The molecule has 2 N–H and O–H groups in total. The number of carbonyl (C=O) groups is 1. The lowest BCUT2D eigenvalue weighted by molar-refractivity contribution is -0.896. The van der Waals surface area contributed by atoms with Crippen molar-refractivity contribution in [2.75, 3.05) is 32.8 Å². The maximum absolute atomic E-state index is 12.7. The number of quaternary nitrogens is 1. The zero-order chi connectivity index (χ0) is 20.6. The molecule has 1 saturated heterocycles. The van der Waals surface area contributed by atoms with E-state index in [0.717, 1.165) is 52.0 Å². The van der Waals surface area contributed by atoms with E-state index in [1.54, 1.807) is 4.90 Å². The van der Waals surface area contributed by atoms with Gasteiger partial charge in [-0.05, 0) is 64.9 Å². The first kappa shape index (κ1) is 22.9. The van der Waals surface area contributed by atoms with E-state index in [0.29, 0.717) is 12.3 Å². The summed E-state index contributed by atoms with van der Waals surface area (Å²) in [5.41, 5.74) is 2.45. The number of nitrogens with one attached hydrogen (secondary N) is 2. The summed E-state index contributed by atoms with van der Waals surface area (Å²) >= 11 is 0. The molecule has 1 aliphatic rings. The molecule has 0 bridgehead atoms. The normalized spacial score (nSPS) is 20.1. The van der Waals surface area contributed by atoms with Crippen molar-refractivity contribution in [3.8, 4) is 0 Å². The van der Waals surface area contributed by atoms with E-state index in [-0.39, 0.29) is 17.4 Å². The molecule has 1 amide bonds. The monoisotopic (exact) mass is 389 g/mol. The molecule has 28 heavy (non-hydrogen) atoms. The van der Waals surface area contributed by atoms with Crippen LogP contribution in [0.5, 0.6) is 0 Å². The molecule has 0 aromatic heterocycles. The lowest BCUT2D eigenvalue weighted by Crippen LogP contribution is -3.11. The van der Waals surface area contributed by atoms with Crippen molar-refractivity contribution in [1.82, 2.24) is 5.32 Å². The Labute approximate surface area is 172 Å². The molecule has 1 heterocycles. The molecule has 0 unspecified atom stereocenters. The van der Waals surface area contributed by atoms with Gasteiger partial charge in [-0.3, -0.25) is 4.79 Å². The zero-order valence-corrected chi connectivity index (χ0v) is 18.6. The molecule has 1 aromatic rings. The number of amides is 1. The standard InChI is InChI=1S/C24H40N2O2/c1-6-26(7-2)15-8-14-25-23(27)17-22(20-11-9-19(3)10-12-20)21-13-16-28-24(4,5)18-21/h9-12,21-22H,6-8,13-18H2,1-5H3,(H,25,27)/p+1/t21-,22+/m0/s1. The maximum Gasteiger partial charge on any atom is 0.220 e. The number of hydrogen-bond acceptors (Lipinski definition) is 2. The Morgan fingerprint density at radius 1 is 1.25 bits per heavy atom. The predicted molar refractivity (Wildman–Crippen MR) is 116 cm³/mol. The third-order valence-electron chi connectivity index (χ3n) is 6.24. The lowest BCUT2D eigenvalue weighted by Gasteiger charge is -2.39. The van der Waals surface area contributed by atoms with Crippen molar-refractivity contribution >= 4 is 5.91 Å². The van der Waals surface area contributed by atoms with Crippen molar-refractivity contribution in [2.24, 2.45) is 5.92 Å². The van der Waals surface area contributed by atoms with E-state index < -0.39 is 0 Å². The summed E-state index contributed by atoms with van der Waals surface area (Å²) in [7, 11) is 0. The second kappa shape index (κ2) is 11.0. The van der Waals surface area contributed by atoms with E-state index in [4.69, 9.17) is 4.74 Å². The second-order valence-corrected chi connectivity index (χ2v) is 8.99. The van der Waals surface area contributed by atoms with Gasteiger partial charge in [0.2, 0.25) is 5.91 Å². The Morgan fingerprint density at radius 2 is 1.93 bits per heavy atom. The molecule has 4 nitrogen and oxygen atoms in total. The van der Waals surface area contributed by atoms with Crippen molar-refractivity contribution in [2.45, 2.75) is 71.8 Å². The van der Waals surface area contributed by atoms with Gasteiger partial charge in [-0.15, -0.1) is 0 Å². The predicted octanol–water partition coefficient (Wildman–Crippen LogP) is 3.10. The van der Waals surface area contributed by atoms with Gasteiger partial charge in [-0.2, -0.15) is 0 Å². The van der Waals surface area contributed by atoms with Gasteiger partial charge in [0.1, 0.15) is 0 Å².